The van der Waals surface area contributed by atoms with Crippen LogP contribution in [0.3, 0.4) is 0 Å². The van der Waals surface area contributed by atoms with Crippen molar-refractivity contribution < 1.29 is 29.6 Å². The first kappa shape index (κ1) is 14.8. The molecule has 112 valence electrons. The Hall–Kier alpha value is -1.59. The Morgan fingerprint density at radius 1 is 1.35 bits per heavy atom. The molecule has 0 bridgehead atoms. The Bertz CT molecular complexity index is 550. The van der Waals surface area contributed by atoms with E-state index in [9.17, 15) is 24.5 Å². The number of hydrogen-bond donors (Lipinski definition) is 5. The highest BCUT2D eigenvalue weighted by Crippen LogP contribution is 2.29. The average Bonchev–Trinajstić information content (AvgIpc) is 2.43. The fraction of sp³-hybridized carbons (Fsp3) is 0.600. The number of halogens is 1. The highest BCUT2D eigenvalue weighted by molar-refractivity contribution is 5.29. The van der Waals surface area contributed by atoms with Gasteiger partial charge in [0, 0.05) is 0 Å². The molecule has 1 aliphatic rings. The van der Waals surface area contributed by atoms with Crippen LogP contribution in [0.25, 0.3) is 0 Å². The van der Waals surface area contributed by atoms with Gasteiger partial charge in [0.25, 0.3) is 0 Å². The highest BCUT2D eigenvalue weighted by Gasteiger charge is 2.45. The van der Waals surface area contributed by atoms with Crippen molar-refractivity contribution in [1.82, 2.24) is 9.55 Å². The van der Waals surface area contributed by atoms with Crippen molar-refractivity contribution in [2.75, 3.05) is 12.3 Å². The van der Waals surface area contributed by atoms with E-state index in [1.807, 2.05) is 0 Å². The molecule has 0 amide bonds. The Balaban J connectivity index is 2.47. The van der Waals surface area contributed by atoms with Gasteiger partial charge in [-0.2, -0.15) is 4.98 Å². The lowest BCUT2D eigenvalue weighted by Gasteiger charge is -2.40. The monoisotopic (exact) mass is 291 g/mol. The van der Waals surface area contributed by atoms with Gasteiger partial charge in [0.2, 0.25) is 0 Å². The van der Waals surface area contributed by atoms with E-state index in [1.165, 1.54) is 0 Å². The van der Waals surface area contributed by atoms with E-state index in [0.717, 1.165) is 0 Å². The van der Waals surface area contributed by atoms with E-state index < -0.39 is 54.6 Å². The Kier molecular flexibility index (Phi) is 4.01. The molecule has 20 heavy (non-hydrogen) atoms. The smallest absolute Gasteiger partial charge is 0.351 e. The van der Waals surface area contributed by atoms with E-state index >= 15 is 0 Å². The Labute approximate surface area is 111 Å². The summed E-state index contributed by atoms with van der Waals surface area (Å²) in [6, 6.07) is 0. The van der Waals surface area contributed by atoms with Crippen molar-refractivity contribution in [2.45, 2.75) is 30.6 Å². The van der Waals surface area contributed by atoms with Crippen molar-refractivity contribution in [3.05, 3.63) is 22.5 Å². The Morgan fingerprint density at radius 2 is 2.00 bits per heavy atom. The van der Waals surface area contributed by atoms with Gasteiger partial charge in [-0.15, -0.1) is 0 Å². The van der Waals surface area contributed by atoms with Crippen LogP contribution < -0.4 is 11.4 Å². The molecule has 10 heteroatoms. The first-order chi connectivity index (χ1) is 9.38. The topological polar surface area (TPSA) is 151 Å². The van der Waals surface area contributed by atoms with Crippen LogP contribution in [0.1, 0.15) is 6.23 Å². The third-order valence-corrected chi connectivity index (χ3v) is 3.12. The van der Waals surface area contributed by atoms with Crippen LogP contribution in [-0.4, -0.2) is 61.0 Å². The predicted octanol–water partition coefficient (Wildman–Crippen LogP) is -3.06. The lowest BCUT2D eigenvalue weighted by atomic mass is 9.98. The lowest BCUT2D eigenvalue weighted by Crippen LogP contribution is -2.58. The molecule has 2 rings (SSSR count). The summed E-state index contributed by atoms with van der Waals surface area (Å²) in [5.74, 6) is -1.66. The number of nitrogen functional groups attached to an aromatic ring is 1. The minimum atomic E-state index is -1.75. The second kappa shape index (κ2) is 5.42. The maximum atomic E-state index is 13.3. The van der Waals surface area contributed by atoms with Crippen LogP contribution in [0.4, 0.5) is 10.2 Å². The number of aliphatic hydroxyl groups is 4. The number of aromatic nitrogens is 2. The van der Waals surface area contributed by atoms with Crippen molar-refractivity contribution in [1.29, 1.82) is 0 Å². The number of nitrogens with zero attached hydrogens (tertiary/aromatic N) is 2. The van der Waals surface area contributed by atoms with Crippen molar-refractivity contribution >= 4 is 5.82 Å². The first-order valence-corrected chi connectivity index (χ1v) is 5.71. The second-order valence-corrected chi connectivity index (χ2v) is 4.36. The summed E-state index contributed by atoms with van der Waals surface area (Å²) >= 11 is 0. The van der Waals surface area contributed by atoms with Crippen LogP contribution in [0.5, 0.6) is 0 Å². The van der Waals surface area contributed by atoms with Crippen LogP contribution in [0.2, 0.25) is 0 Å². The van der Waals surface area contributed by atoms with Gasteiger partial charge in [-0.05, 0) is 0 Å². The van der Waals surface area contributed by atoms with Gasteiger partial charge in [0.15, 0.2) is 12.0 Å². The quantitative estimate of drug-likeness (QED) is 0.385. The van der Waals surface area contributed by atoms with Crippen molar-refractivity contribution in [3.8, 4) is 0 Å². The summed E-state index contributed by atoms with van der Waals surface area (Å²) < 4.78 is 19.0. The molecular weight excluding hydrogens is 277 g/mol. The van der Waals surface area contributed by atoms with Crippen LogP contribution >= 0.6 is 0 Å². The summed E-state index contributed by atoms with van der Waals surface area (Å²) in [5.41, 5.74) is 4.39. The fourth-order valence-corrected chi connectivity index (χ4v) is 2.00. The molecule has 0 spiro atoms. The number of nitrogens with two attached hydrogens (primary N) is 1. The van der Waals surface area contributed by atoms with Gasteiger partial charge in [-0.25, -0.2) is 13.8 Å². The normalized spacial score (nSPS) is 34.1. The number of hydrogen-bond acceptors (Lipinski definition) is 8. The molecule has 5 atom stereocenters. The Morgan fingerprint density at radius 3 is 2.60 bits per heavy atom. The van der Waals surface area contributed by atoms with Gasteiger partial charge >= 0.3 is 5.69 Å². The van der Waals surface area contributed by atoms with Crippen LogP contribution in [-0.2, 0) is 4.74 Å². The zero-order valence-electron chi connectivity index (χ0n) is 10.1. The largest absolute Gasteiger partial charge is 0.394 e. The summed E-state index contributed by atoms with van der Waals surface area (Å²) in [7, 11) is 0. The maximum Gasteiger partial charge on any atom is 0.351 e. The molecule has 0 saturated carbocycles. The standard InChI is InChI=1S/C10H14FN3O6/c11-3-1-13-10(19)14(8(3)12)9-7(18)6(17)5(16)4(2-15)20-9/h1,4-7,9,15-18H,2,12H2/t4-,5+,6+,7-,9?/m1/s1. The highest BCUT2D eigenvalue weighted by atomic mass is 19.1. The molecule has 1 fully saturated rings. The lowest BCUT2D eigenvalue weighted by molar-refractivity contribution is -0.251. The van der Waals surface area contributed by atoms with Crippen molar-refractivity contribution in [3.63, 3.8) is 0 Å². The second-order valence-electron chi connectivity index (χ2n) is 4.36. The summed E-state index contributed by atoms with van der Waals surface area (Å²) in [4.78, 5) is 14.8. The predicted molar refractivity (Wildman–Crippen MR) is 61.9 cm³/mol. The molecule has 6 N–H and O–H groups in total. The van der Waals surface area contributed by atoms with E-state index in [-0.39, 0.29) is 0 Å². The summed E-state index contributed by atoms with van der Waals surface area (Å²) in [5, 5.41) is 38.1. The molecule has 1 aromatic rings. The van der Waals surface area contributed by atoms with E-state index in [0.29, 0.717) is 10.8 Å². The zero-order valence-corrected chi connectivity index (χ0v) is 10.1. The molecule has 2 heterocycles. The summed E-state index contributed by atoms with van der Waals surface area (Å²) in [6.45, 7) is -0.682. The maximum absolute atomic E-state index is 13.3. The van der Waals surface area contributed by atoms with Crippen LogP contribution in [0.15, 0.2) is 11.0 Å². The number of aliphatic hydroxyl groups excluding tert-OH is 4. The van der Waals surface area contributed by atoms with E-state index in [1.54, 1.807) is 0 Å². The SMILES string of the molecule is Nc1c(F)cnc(=O)n1C1O[C@H](CO)[C@H](O)[C@H](O)[C@H]1O. The first-order valence-electron chi connectivity index (χ1n) is 5.71. The third kappa shape index (κ3) is 2.27. The van der Waals surface area contributed by atoms with Crippen LogP contribution in [0, 0.1) is 5.82 Å². The van der Waals surface area contributed by atoms with Gasteiger partial charge in [0.05, 0.1) is 12.8 Å². The average molecular weight is 291 g/mol. The molecule has 0 aromatic carbocycles. The molecule has 1 aromatic heterocycles. The van der Waals surface area contributed by atoms with E-state index in [2.05, 4.69) is 4.98 Å². The van der Waals surface area contributed by atoms with E-state index in [4.69, 9.17) is 15.6 Å². The van der Waals surface area contributed by atoms with Gasteiger partial charge in [0.1, 0.15) is 30.2 Å². The molecule has 1 saturated heterocycles. The minimum Gasteiger partial charge on any atom is -0.394 e. The fourth-order valence-electron chi connectivity index (χ4n) is 2.00. The summed E-state index contributed by atoms with van der Waals surface area (Å²) in [6.07, 6.45) is -7.27. The minimum absolute atomic E-state index is 0.512. The zero-order chi connectivity index (χ0) is 15.0. The molecule has 1 unspecified atom stereocenters. The number of ether oxygens (including phenoxy) is 1. The van der Waals surface area contributed by atoms with Crippen molar-refractivity contribution in [2.24, 2.45) is 0 Å². The van der Waals surface area contributed by atoms with Gasteiger partial charge in [-0.1, -0.05) is 0 Å². The number of anilines is 1. The molecule has 0 radical (unpaired) electrons. The molecule has 0 aliphatic carbocycles. The number of rotatable bonds is 2. The third-order valence-electron chi connectivity index (χ3n) is 3.12. The van der Waals surface area contributed by atoms with Gasteiger partial charge in [-0.3, -0.25) is 0 Å². The molecular formula is C10H14FN3O6. The molecule has 1 aliphatic heterocycles. The molecule has 9 nitrogen and oxygen atoms in total. The van der Waals surface area contributed by atoms with Gasteiger partial charge < -0.3 is 30.9 Å².